The summed E-state index contributed by atoms with van der Waals surface area (Å²) in [4.78, 5) is 14.3. The molecule has 0 aromatic heterocycles. The van der Waals surface area contributed by atoms with Crippen LogP contribution in [0.15, 0.2) is 66.7 Å². The Bertz CT molecular complexity index is 1090. The summed E-state index contributed by atoms with van der Waals surface area (Å²) in [5.41, 5.74) is 3.29. The van der Waals surface area contributed by atoms with Gasteiger partial charge in [-0.3, -0.25) is 4.79 Å². The first-order chi connectivity index (χ1) is 15.2. The van der Waals surface area contributed by atoms with Crippen molar-refractivity contribution in [2.45, 2.75) is 66.7 Å². The number of carbonyl (C=O) groups is 1. The molecule has 3 aromatic rings. The van der Waals surface area contributed by atoms with Gasteiger partial charge in [-0.05, 0) is 63.6 Å². The number of hydrogen-bond acceptors (Lipinski definition) is 1. The smallest absolute Gasteiger partial charge is 0.167 e. The number of rotatable bonds is 6. The van der Waals surface area contributed by atoms with Crippen molar-refractivity contribution in [1.82, 2.24) is 0 Å². The lowest BCUT2D eigenvalue weighted by Crippen LogP contribution is -2.39. The predicted molar refractivity (Wildman–Crippen MR) is 137 cm³/mol. The largest absolute Gasteiger partial charge is 0.294 e. The van der Waals surface area contributed by atoms with Gasteiger partial charge in [0, 0.05) is 11.5 Å². The third-order valence-electron chi connectivity index (χ3n) is 8.28. The summed E-state index contributed by atoms with van der Waals surface area (Å²) in [6, 6.07) is 23.2. The molecule has 32 heavy (non-hydrogen) atoms. The maximum atomic E-state index is 14.3. The van der Waals surface area contributed by atoms with Crippen LogP contribution in [0.3, 0.4) is 0 Å². The van der Waals surface area contributed by atoms with Gasteiger partial charge in [-0.15, -0.1) is 0 Å². The fourth-order valence-corrected chi connectivity index (χ4v) is 5.86. The number of Topliss-reactive ketones (excluding diaryl/α,β-unsaturated/α-hetero) is 1. The summed E-state index contributed by atoms with van der Waals surface area (Å²) >= 11 is 0. The molecule has 1 aliphatic rings. The lowest BCUT2D eigenvalue weighted by Gasteiger charge is -2.43. The van der Waals surface area contributed by atoms with Crippen LogP contribution in [0.2, 0.25) is 0 Å². The maximum absolute atomic E-state index is 14.3. The van der Waals surface area contributed by atoms with Gasteiger partial charge < -0.3 is 0 Å². The first-order valence-electron chi connectivity index (χ1n) is 12.4. The Balaban J connectivity index is 1.81. The molecule has 0 N–H and O–H groups in total. The Hall–Kier alpha value is -2.41. The van der Waals surface area contributed by atoms with Crippen molar-refractivity contribution in [3.63, 3.8) is 0 Å². The molecule has 4 rings (SSSR count). The van der Waals surface area contributed by atoms with E-state index in [1.165, 1.54) is 19.3 Å². The molecule has 0 amide bonds. The van der Waals surface area contributed by atoms with E-state index in [9.17, 15) is 4.79 Å². The Morgan fingerprint density at radius 1 is 0.969 bits per heavy atom. The van der Waals surface area contributed by atoms with E-state index in [1.807, 2.05) is 6.07 Å². The summed E-state index contributed by atoms with van der Waals surface area (Å²) in [5.74, 6) is 1.06. The third kappa shape index (κ3) is 4.15. The van der Waals surface area contributed by atoms with E-state index in [1.54, 1.807) is 0 Å². The fourth-order valence-electron chi connectivity index (χ4n) is 5.86. The van der Waals surface area contributed by atoms with Crippen molar-refractivity contribution < 1.29 is 4.79 Å². The molecule has 0 bridgehead atoms. The molecule has 1 aliphatic carbocycles. The molecule has 0 saturated heterocycles. The molecule has 3 atom stereocenters. The number of benzene rings is 3. The zero-order chi connectivity index (χ0) is 22.9. The fraction of sp³-hybridized carbons (Fsp3) is 0.452. The molecule has 1 heteroatoms. The summed E-state index contributed by atoms with van der Waals surface area (Å²) in [6.45, 7) is 11.6. The van der Waals surface area contributed by atoms with Crippen molar-refractivity contribution in [2.24, 2.45) is 22.7 Å². The number of fused-ring (bicyclic) bond motifs is 1. The van der Waals surface area contributed by atoms with E-state index in [4.69, 9.17) is 0 Å². The van der Waals surface area contributed by atoms with Crippen molar-refractivity contribution in [3.05, 3.63) is 72.3 Å². The second kappa shape index (κ2) is 8.85. The van der Waals surface area contributed by atoms with E-state index >= 15 is 0 Å². The zero-order valence-electron chi connectivity index (χ0n) is 20.4. The molecule has 0 heterocycles. The molecule has 1 nitrogen and oxygen atoms in total. The van der Waals surface area contributed by atoms with Crippen LogP contribution in [-0.4, -0.2) is 5.78 Å². The Morgan fingerprint density at radius 2 is 1.66 bits per heavy atom. The standard InChI is InChI=1S/C31H38O/c1-6-7-13-22-18-28(31(5,21-22)30(2,3)4)29(32)27-20-25(23-14-9-8-10-15-23)19-24-16-11-12-17-26(24)27/h8-12,14-17,19-20,22,28H,6-7,13,18,21H2,1-5H3. The van der Waals surface area contributed by atoms with E-state index in [-0.39, 0.29) is 16.7 Å². The molecule has 1 saturated carbocycles. The van der Waals surface area contributed by atoms with Crippen LogP contribution >= 0.6 is 0 Å². The molecule has 168 valence electrons. The highest BCUT2D eigenvalue weighted by atomic mass is 16.1. The average molecular weight is 427 g/mol. The highest BCUT2D eigenvalue weighted by Gasteiger charge is 2.53. The van der Waals surface area contributed by atoms with Gasteiger partial charge in [0.1, 0.15) is 0 Å². The minimum absolute atomic E-state index is 0.00630. The van der Waals surface area contributed by atoms with Crippen molar-refractivity contribution in [3.8, 4) is 11.1 Å². The predicted octanol–water partition coefficient (Wildman–Crippen LogP) is 8.96. The third-order valence-corrected chi connectivity index (χ3v) is 8.28. The molecule has 0 aliphatic heterocycles. The van der Waals surface area contributed by atoms with Gasteiger partial charge in [0.05, 0.1) is 0 Å². The van der Waals surface area contributed by atoms with E-state index < -0.39 is 0 Å². The monoisotopic (exact) mass is 426 g/mol. The number of ketones is 1. The summed E-state index contributed by atoms with van der Waals surface area (Å²) in [6.07, 6.45) is 5.92. The second-order valence-electron chi connectivity index (χ2n) is 11.1. The lowest BCUT2D eigenvalue weighted by molar-refractivity contribution is 0.0461. The van der Waals surface area contributed by atoms with Crippen LogP contribution in [0.1, 0.15) is 77.1 Å². The van der Waals surface area contributed by atoms with Gasteiger partial charge in [0.2, 0.25) is 0 Å². The maximum Gasteiger partial charge on any atom is 0.167 e. The van der Waals surface area contributed by atoms with Crippen LogP contribution < -0.4 is 0 Å². The second-order valence-corrected chi connectivity index (χ2v) is 11.1. The SMILES string of the molecule is CCCCC1CC(C(=O)c2cc(-c3ccccc3)cc3ccccc23)C(C)(C(C)(C)C)C1. The van der Waals surface area contributed by atoms with Crippen LogP contribution in [0, 0.1) is 22.7 Å². The van der Waals surface area contributed by atoms with E-state index in [0.29, 0.717) is 11.7 Å². The minimum atomic E-state index is 0.00630. The van der Waals surface area contributed by atoms with Crippen LogP contribution in [0.4, 0.5) is 0 Å². The molecule has 3 aromatic carbocycles. The van der Waals surface area contributed by atoms with Gasteiger partial charge in [0.15, 0.2) is 5.78 Å². The van der Waals surface area contributed by atoms with Gasteiger partial charge in [-0.1, -0.05) is 108 Å². The molecular formula is C31H38O. The summed E-state index contributed by atoms with van der Waals surface area (Å²) in [7, 11) is 0. The van der Waals surface area contributed by atoms with Crippen molar-refractivity contribution in [1.29, 1.82) is 0 Å². The Morgan fingerprint density at radius 3 is 2.34 bits per heavy atom. The highest BCUT2D eigenvalue weighted by Crippen LogP contribution is 2.58. The van der Waals surface area contributed by atoms with Crippen LogP contribution in [-0.2, 0) is 0 Å². The number of unbranched alkanes of at least 4 members (excludes halogenated alkanes) is 1. The lowest BCUT2D eigenvalue weighted by atomic mass is 9.60. The number of carbonyl (C=O) groups excluding carboxylic acids is 1. The van der Waals surface area contributed by atoms with Crippen molar-refractivity contribution in [2.75, 3.05) is 0 Å². The first kappa shape index (κ1) is 22.8. The molecular weight excluding hydrogens is 388 g/mol. The van der Waals surface area contributed by atoms with Gasteiger partial charge >= 0.3 is 0 Å². The van der Waals surface area contributed by atoms with Gasteiger partial charge in [0.25, 0.3) is 0 Å². The van der Waals surface area contributed by atoms with Gasteiger partial charge in [-0.2, -0.15) is 0 Å². The Kier molecular flexibility index (Phi) is 6.30. The first-order valence-corrected chi connectivity index (χ1v) is 12.4. The summed E-state index contributed by atoms with van der Waals surface area (Å²) in [5, 5.41) is 2.24. The molecule has 0 radical (unpaired) electrons. The van der Waals surface area contributed by atoms with Gasteiger partial charge in [-0.25, -0.2) is 0 Å². The normalized spacial score (nSPS) is 23.5. The van der Waals surface area contributed by atoms with Crippen LogP contribution in [0.25, 0.3) is 21.9 Å². The quantitative estimate of drug-likeness (QED) is 0.359. The van der Waals surface area contributed by atoms with E-state index in [0.717, 1.165) is 40.3 Å². The molecule has 1 fully saturated rings. The summed E-state index contributed by atoms with van der Waals surface area (Å²) < 4.78 is 0. The minimum Gasteiger partial charge on any atom is -0.294 e. The van der Waals surface area contributed by atoms with Crippen molar-refractivity contribution >= 4 is 16.6 Å². The highest BCUT2D eigenvalue weighted by molar-refractivity contribution is 6.11. The zero-order valence-corrected chi connectivity index (χ0v) is 20.4. The topological polar surface area (TPSA) is 17.1 Å². The molecule has 0 spiro atoms. The average Bonchev–Trinajstić information content (AvgIpc) is 3.14. The van der Waals surface area contributed by atoms with E-state index in [2.05, 4.69) is 95.3 Å². The van der Waals surface area contributed by atoms with Crippen LogP contribution in [0.5, 0.6) is 0 Å². The Labute approximate surface area is 194 Å². The molecule has 3 unspecified atom stereocenters. The number of hydrogen-bond donors (Lipinski definition) is 0.